The molecule has 1 fully saturated rings. The van der Waals surface area contributed by atoms with Crippen LogP contribution in [0, 0.1) is 0 Å². The molecule has 1 atom stereocenters. The first-order chi connectivity index (χ1) is 13.9. The van der Waals surface area contributed by atoms with E-state index >= 15 is 0 Å². The summed E-state index contributed by atoms with van der Waals surface area (Å²) in [4.78, 5) is 9.50. The van der Waals surface area contributed by atoms with Crippen LogP contribution in [0.5, 0.6) is 0 Å². The van der Waals surface area contributed by atoms with Gasteiger partial charge in [0.1, 0.15) is 0 Å². The summed E-state index contributed by atoms with van der Waals surface area (Å²) in [7, 11) is 0. The third kappa shape index (κ3) is 3.68. The van der Waals surface area contributed by atoms with Crippen LogP contribution in [0.4, 0.5) is 5.13 Å². The van der Waals surface area contributed by atoms with Crippen molar-refractivity contribution in [2.45, 2.75) is 6.04 Å². The van der Waals surface area contributed by atoms with E-state index in [1.165, 1.54) is 4.88 Å². The van der Waals surface area contributed by atoms with E-state index in [-0.39, 0.29) is 0 Å². The van der Waals surface area contributed by atoms with Gasteiger partial charge in [-0.1, -0.05) is 47.7 Å². The molecule has 0 aliphatic carbocycles. The number of nitrogens with zero attached hydrogens (tertiary/aromatic N) is 4. The molecule has 5 rings (SSSR count). The standard InChI is InChI=1S/C20H21N5OS2/c1-2-5-15(6-3-1)16-14-25-20(22-16)28-19(23-25)21-13-17(18-7-4-12-27-18)24-8-10-26-11-9-24/h1-7,12,14,17H,8-11,13H2,(H,21,23)/t17-/m0/s1. The molecular weight excluding hydrogens is 390 g/mol. The monoisotopic (exact) mass is 411 g/mol. The maximum atomic E-state index is 5.53. The Kier molecular flexibility index (Phi) is 5.09. The zero-order chi connectivity index (χ0) is 18.8. The van der Waals surface area contributed by atoms with E-state index in [4.69, 9.17) is 9.72 Å². The molecule has 1 aliphatic rings. The molecule has 0 unspecified atom stereocenters. The van der Waals surface area contributed by atoms with E-state index < -0.39 is 0 Å². The summed E-state index contributed by atoms with van der Waals surface area (Å²) in [6, 6.07) is 14.9. The van der Waals surface area contributed by atoms with Gasteiger partial charge in [0, 0.05) is 30.1 Å². The number of ether oxygens (including phenoxy) is 1. The molecule has 3 aromatic heterocycles. The first-order valence-corrected chi connectivity index (χ1v) is 11.1. The highest BCUT2D eigenvalue weighted by Crippen LogP contribution is 2.28. The van der Waals surface area contributed by atoms with Crippen LogP contribution in [0.2, 0.25) is 0 Å². The fraction of sp³-hybridized carbons (Fsp3) is 0.300. The molecule has 4 aromatic rings. The smallest absolute Gasteiger partial charge is 0.214 e. The second-order valence-electron chi connectivity index (χ2n) is 6.69. The number of imidazole rings is 1. The Morgan fingerprint density at radius 3 is 2.71 bits per heavy atom. The summed E-state index contributed by atoms with van der Waals surface area (Å²) >= 11 is 3.40. The molecule has 0 amide bonds. The number of rotatable bonds is 6. The molecule has 1 aliphatic heterocycles. The van der Waals surface area contributed by atoms with Crippen LogP contribution < -0.4 is 5.32 Å². The number of aromatic nitrogens is 3. The van der Waals surface area contributed by atoms with Crippen LogP contribution in [0.3, 0.4) is 0 Å². The molecule has 144 valence electrons. The van der Waals surface area contributed by atoms with Crippen molar-refractivity contribution in [3.8, 4) is 11.3 Å². The normalized spacial score (nSPS) is 16.4. The van der Waals surface area contributed by atoms with Crippen molar-refractivity contribution < 1.29 is 4.74 Å². The van der Waals surface area contributed by atoms with E-state index in [9.17, 15) is 0 Å². The van der Waals surface area contributed by atoms with E-state index in [1.54, 1.807) is 11.3 Å². The minimum atomic E-state index is 0.333. The van der Waals surface area contributed by atoms with Gasteiger partial charge in [0.25, 0.3) is 0 Å². The molecule has 8 heteroatoms. The number of hydrogen-bond donors (Lipinski definition) is 1. The predicted octanol–water partition coefficient (Wildman–Crippen LogP) is 4.00. The van der Waals surface area contributed by atoms with Gasteiger partial charge >= 0.3 is 0 Å². The molecule has 0 radical (unpaired) electrons. The van der Waals surface area contributed by atoms with Gasteiger partial charge in [-0.05, 0) is 11.4 Å². The summed E-state index contributed by atoms with van der Waals surface area (Å²) in [5.41, 5.74) is 2.07. The lowest BCUT2D eigenvalue weighted by Gasteiger charge is -2.34. The van der Waals surface area contributed by atoms with Crippen molar-refractivity contribution in [1.82, 2.24) is 19.5 Å². The first-order valence-electron chi connectivity index (χ1n) is 9.37. The highest BCUT2D eigenvalue weighted by molar-refractivity contribution is 7.20. The Labute approximate surface area is 171 Å². The number of hydrogen-bond acceptors (Lipinski definition) is 7. The van der Waals surface area contributed by atoms with E-state index in [2.05, 4.69) is 45.0 Å². The average molecular weight is 412 g/mol. The van der Waals surface area contributed by atoms with Gasteiger partial charge in [-0.25, -0.2) is 9.50 Å². The van der Waals surface area contributed by atoms with Crippen LogP contribution in [0.1, 0.15) is 10.9 Å². The van der Waals surface area contributed by atoms with Crippen LogP contribution in [-0.4, -0.2) is 52.3 Å². The van der Waals surface area contributed by atoms with Crippen molar-refractivity contribution >= 4 is 32.8 Å². The van der Waals surface area contributed by atoms with E-state index in [1.807, 2.05) is 40.2 Å². The quantitative estimate of drug-likeness (QED) is 0.520. The summed E-state index contributed by atoms with van der Waals surface area (Å²) in [5.74, 6) is 0. The van der Waals surface area contributed by atoms with Crippen molar-refractivity contribution in [3.63, 3.8) is 0 Å². The minimum absolute atomic E-state index is 0.333. The average Bonchev–Trinajstić information content (AvgIpc) is 3.46. The zero-order valence-corrected chi connectivity index (χ0v) is 17.0. The maximum Gasteiger partial charge on any atom is 0.214 e. The van der Waals surface area contributed by atoms with Crippen molar-refractivity contribution in [1.29, 1.82) is 0 Å². The highest BCUT2D eigenvalue weighted by Gasteiger charge is 2.23. The molecule has 0 bridgehead atoms. The maximum absolute atomic E-state index is 5.53. The lowest BCUT2D eigenvalue weighted by atomic mass is 10.2. The van der Waals surface area contributed by atoms with Crippen molar-refractivity contribution in [2.75, 3.05) is 38.2 Å². The first kappa shape index (κ1) is 17.8. The SMILES string of the molecule is c1ccc(-c2cn3nc(NC[C@@H](c4cccs4)N4CCOCC4)sc3n2)cc1. The molecule has 1 saturated heterocycles. The third-order valence-corrected chi connectivity index (χ3v) is 6.77. The van der Waals surface area contributed by atoms with Gasteiger partial charge in [0.05, 0.1) is 31.1 Å². The molecular formula is C20H21N5OS2. The summed E-state index contributed by atoms with van der Waals surface area (Å²) in [5, 5.41) is 11.3. The minimum Gasteiger partial charge on any atom is -0.379 e. The molecule has 4 heterocycles. The van der Waals surface area contributed by atoms with Gasteiger partial charge in [-0.15, -0.1) is 16.4 Å². The summed E-state index contributed by atoms with van der Waals surface area (Å²) in [6.07, 6.45) is 1.99. The number of thiophene rings is 1. The van der Waals surface area contributed by atoms with Gasteiger partial charge < -0.3 is 10.1 Å². The number of morpholine rings is 1. The van der Waals surface area contributed by atoms with Crippen LogP contribution in [-0.2, 0) is 4.74 Å². The largest absolute Gasteiger partial charge is 0.379 e. The topological polar surface area (TPSA) is 54.7 Å². The number of benzene rings is 1. The molecule has 1 N–H and O–H groups in total. The summed E-state index contributed by atoms with van der Waals surface area (Å²) < 4.78 is 7.39. The lowest BCUT2D eigenvalue weighted by Crippen LogP contribution is -2.41. The molecule has 6 nitrogen and oxygen atoms in total. The third-order valence-electron chi connectivity index (χ3n) is 4.92. The van der Waals surface area contributed by atoms with Crippen LogP contribution >= 0.6 is 22.7 Å². The second kappa shape index (κ2) is 8.00. The fourth-order valence-corrected chi connectivity index (χ4v) is 5.13. The Morgan fingerprint density at radius 2 is 1.96 bits per heavy atom. The number of nitrogens with one attached hydrogen (secondary N) is 1. The number of fused-ring (bicyclic) bond motifs is 1. The van der Waals surface area contributed by atoms with Gasteiger partial charge in [0.15, 0.2) is 0 Å². The van der Waals surface area contributed by atoms with E-state index in [0.717, 1.165) is 54.2 Å². The predicted molar refractivity (Wildman–Crippen MR) is 114 cm³/mol. The Bertz CT molecular complexity index is 990. The number of anilines is 1. The Hall–Kier alpha value is -2.26. The molecule has 0 saturated carbocycles. The van der Waals surface area contributed by atoms with Gasteiger partial charge in [-0.2, -0.15) is 0 Å². The summed E-state index contributed by atoms with van der Waals surface area (Å²) in [6.45, 7) is 4.35. The lowest BCUT2D eigenvalue weighted by molar-refractivity contribution is 0.0194. The van der Waals surface area contributed by atoms with Crippen molar-refractivity contribution in [2.24, 2.45) is 0 Å². The molecule has 1 aromatic carbocycles. The van der Waals surface area contributed by atoms with Crippen LogP contribution in [0.15, 0.2) is 54.0 Å². The van der Waals surface area contributed by atoms with E-state index in [0.29, 0.717) is 6.04 Å². The van der Waals surface area contributed by atoms with Gasteiger partial charge in [0.2, 0.25) is 10.1 Å². The fourth-order valence-electron chi connectivity index (χ4n) is 3.48. The highest BCUT2D eigenvalue weighted by atomic mass is 32.1. The Balaban J connectivity index is 1.32. The molecule has 0 spiro atoms. The molecule has 28 heavy (non-hydrogen) atoms. The van der Waals surface area contributed by atoms with Gasteiger partial charge in [-0.3, -0.25) is 4.90 Å². The zero-order valence-electron chi connectivity index (χ0n) is 15.3. The Morgan fingerprint density at radius 1 is 1.11 bits per heavy atom. The van der Waals surface area contributed by atoms with Crippen LogP contribution in [0.25, 0.3) is 16.2 Å². The second-order valence-corrected chi connectivity index (χ2v) is 8.62. The van der Waals surface area contributed by atoms with Crippen molar-refractivity contribution in [3.05, 3.63) is 58.9 Å².